The molecule has 0 saturated carbocycles. The molecule has 108 valence electrons. The first-order valence-corrected chi connectivity index (χ1v) is 6.42. The average molecular weight is 279 g/mol. The van der Waals surface area contributed by atoms with Crippen LogP contribution in [0, 0.1) is 0 Å². The minimum absolute atomic E-state index is 0.0130. The number of carboxylic acid groups (broad SMARTS) is 1. The van der Waals surface area contributed by atoms with Gasteiger partial charge in [0.25, 0.3) is 5.91 Å². The molecule has 0 radical (unpaired) electrons. The van der Waals surface area contributed by atoms with Crippen molar-refractivity contribution in [3.8, 4) is 5.75 Å². The fourth-order valence-electron chi connectivity index (χ4n) is 2.06. The number of carbonyl (C=O) groups is 2. The van der Waals surface area contributed by atoms with Crippen molar-refractivity contribution < 1.29 is 24.2 Å². The zero-order valence-corrected chi connectivity index (χ0v) is 11.2. The lowest BCUT2D eigenvalue weighted by atomic mass is 10.2. The number of para-hydroxylation sites is 1. The Kier molecular flexibility index (Phi) is 4.57. The second kappa shape index (κ2) is 6.38. The molecule has 1 aromatic carbocycles. The topological polar surface area (TPSA) is 76.1 Å². The molecule has 1 fully saturated rings. The zero-order valence-electron chi connectivity index (χ0n) is 11.2. The maximum Gasteiger partial charge on any atom is 0.328 e. The summed E-state index contributed by atoms with van der Waals surface area (Å²) < 4.78 is 10.6. The Balaban J connectivity index is 2.03. The molecule has 2 atom stereocenters. The molecule has 1 N–H and O–H groups in total. The molecule has 0 aromatic heterocycles. The van der Waals surface area contributed by atoms with Crippen LogP contribution in [0.4, 0.5) is 0 Å². The van der Waals surface area contributed by atoms with Gasteiger partial charge in [-0.15, -0.1) is 0 Å². The summed E-state index contributed by atoms with van der Waals surface area (Å²) in [5.74, 6) is -0.831. The van der Waals surface area contributed by atoms with E-state index in [0.29, 0.717) is 12.4 Å². The standard InChI is InChI=1S/C14H17NO5/c1-10(20-11-5-3-2-4-6-11)13(16)15-7-8-19-9-12(15)14(17)18/h2-6,10,12H,7-9H2,1H3,(H,17,18)/t10-,12+/m1/s1. The monoisotopic (exact) mass is 279 g/mol. The molecular weight excluding hydrogens is 262 g/mol. The molecule has 1 saturated heterocycles. The molecule has 6 heteroatoms. The molecule has 0 aliphatic carbocycles. The third kappa shape index (κ3) is 3.27. The number of amides is 1. The van der Waals surface area contributed by atoms with Crippen LogP contribution in [0.25, 0.3) is 0 Å². The van der Waals surface area contributed by atoms with Gasteiger partial charge in [-0.1, -0.05) is 18.2 Å². The molecule has 2 rings (SSSR count). The number of benzene rings is 1. The summed E-state index contributed by atoms with van der Waals surface area (Å²) in [6.45, 7) is 2.23. The van der Waals surface area contributed by atoms with Gasteiger partial charge in [-0.25, -0.2) is 4.79 Å². The van der Waals surface area contributed by atoms with Crippen molar-refractivity contribution in [2.45, 2.75) is 19.1 Å². The SMILES string of the molecule is C[C@@H](Oc1ccccc1)C(=O)N1CCOC[C@H]1C(=O)O. The minimum Gasteiger partial charge on any atom is -0.481 e. The Morgan fingerprint density at radius 3 is 2.75 bits per heavy atom. The smallest absolute Gasteiger partial charge is 0.328 e. The summed E-state index contributed by atoms with van der Waals surface area (Å²) in [6.07, 6.45) is -0.739. The number of carbonyl (C=O) groups excluding carboxylic acids is 1. The third-order valence-corrected chi connectivity index (χ3v) is 3.10. The molecule has 1 amide bonds. The first kappa shape index (κ1) is 14.3. The number of aliphatic carboxylic acids is 1. The van der Waals surface area contributed by atoms with E-state index in [2.05, 4.69) is 0 Å². The van der Waals surface area contributed by atoms with E-state index in [-0.39, 0.29) is 19.1 Å². The normalized spacial score (nSPS) is 20.2. The quantitative estimate of drug-likeness (QED) is 0.881. The van der Waals surface area contributed by atoms with E-state index >= 15 is 0 Å². The molecule has 1 aromatic rings. The number of hydrogen-bond acceptors (Lipinski definition) is 4. The Morgan fingerprint density at radius 2 is 2.10 bits per heavy atom. The van der Waals surface area contributed by atoms with E-state index in [4.69, 9.17) is 14.6 Å². The second-order valence-electron chi connectivity index (χ2n) is 4.53. The molecule has 1 aliphatic rings. The first-order valence-electron chi connectivity index (χ1n) is 6.42. The summed E-state index contributed by atoms with van der Waals surface area (Å²) in [7, 11) is 0. The molecule has 6 nitrogen and oxygen atoms in total. The first-order chi connectivity index (χ1) is 9.59. The summed E-state index contributed by atoms with van der Waals surface area (Å²) in [5, 5.41) is 9.11. The highest BCUT2D eigenvalue weighted by atomic mass is 16.5. The molecule has 20 heavy (non-hydrogen) atoms. The number of rotatable bonds is 4. The van der Waals surface area contributed by atoms with Crippen molar-refractivity contribution >= 4 is 11.9 Å². The Labute approximate surface area is 116 Å². The van der Waals surface area contributed by atoms with Crippen molar-refractivity contribution in [3.63, 3.8) is 0 Å². The van der Waals surface area contributed by atoms with Crippen LogP contribution in [0.2, 0.25) is 0 Å². The zero-order chi connectivity index (χ0) is 14.5. The molecule has 0 unspecified atom stereocenters. The summed E-state index contributed by atoms with van der Waals surface area (Å²) >= 11 is 0. The number of nitrogens with zero attached hydrogens (tertiary/aromatic N) is 1. The van der Waals surface area contributed by atoms with Crippen molar-refractivity contribution in [2.75, 3.05) is 19.8 Å². The highest BCUT2D eigenvalue weighted by molar-refractivity contribution is 5.86. The van der Waals surface area contributed by atoms with E-state index in [1.807, 2.05) is 6.07 Å². The van der Waals surface area contributed by atoms with E-state index < -0.39 is 18.1 Å². The fraction of sp³-hybridized carbons (Fsp3) is 0.429. The van der Waals surface area contributed by atoms with Gasteiger partial charge in [-0.3, -0.25) is 4.79 Å². The predicted molar refractivity (Wildman–Crippen MR) is 70.5 cm³/mol. The maximum absolute atomic E-state index is 12.3. The van der Waals surface area contributed by atoms with Gasteiger partial charge in [-0.05, 0) is 19.1 Å². The molecular formula is C14H17NO5. The van der Waals surface area contributed by atoms with Crippen molar-refractivity contribution in [2.24, 2.45) is 0 Å². The number of morpholine rings is 1. The van der Waals surface area contributed by atoms with Gasteiger partial charge in [0.05, 0.1) is 13.2 Å². The van der Waals surface area contributed by atoms with Crippen LogP contribution in [-0.2, 0) is 14.3 Å². The highest BCUT2D eigenvalue weighted by Gasteiger charge is 2.35. The van der Waals surface area contributed by atoms with E-state index in [9.17, 15) is 9.59 Å². The van der Waals surface area contributed by atoms with Crippen LogP contribution in [0.15, 0.2) is 30.3 Å². The molecule has 0 bridgehead atoms. The van der Waals surface area contributed by atoms with Crippen LogP contribution < -0.4 is 4.74 Å². The molecule has 1 aliphatic heterocycles. The summed E-state index contributed by atoms with van der Waals surface area (Å²) in [6, 6.07) is 8.01. The van der Waals surface area contributed by atoms with E-state index in [1.54, 1.807) is 31.2 Å². The van der Waals surface area contributed by atoms with Gasteiger partial charge < -0.3 is 19.5 Å². The van der Waals surface area contributed by atoms with Crippen molar-refractivity contribution in [1.29, 1.82) is 0 Å². The van der Waals surface area contributed by atoms with E-state index in [0.717, 1.165) is 0 Å². The Bertz CT molecular complexity index is 476. The van der Waals surface area contributed by atoms with Gasteiger partial charge in [0.1, 0.15) is 5.75 Å². The van der Waals surface area contributed by atoms with Gasteiger partial charge >= 0.3 is 5.97 Å². The van der Waals surface area contributed by atoms with Crippen LogP contribution >= 0.6 is 0 Å². The molecule has 1 heterocycles. The van der Waals surface area contributed by atoms with Crippen molar-refractivity contribution in [1.82, 2.24) is 4.90 Å². The second-order valence-corrected chi connectivity index (χ2v) is 4.53. The van der Waals surface area contributed by atoms with Crippen LogP contribution in [-0.4, -0.2) is 53.8 Å². The average Bonchev–Trinajstić information content (AvgIpc) is 2.47. The van der Waals surface area contributed by atoms with Gasteiger partial charge in [0, 0.05) is 6.54 Å². The van der Waals surface area contributed by atoms with Gasteiger partial charge in [0.2, 0.25) is 0 Å². The minimum atomic E-state index is -1.06. The maximum atomic E-state index is 12.3. The van der Waals surface area contributed by atoms with Crippen LogP contribution in [0.5, 0.6) is 5.75 Å². The Hall–Kier alpha value is -2.08. The van der Waals surface area contributed by atoms with Gasteiger partial charge in [-0.2, -0.15) is 0 Å². The largest absolute Gasteiger partial charge is 0.481 e. The number of ether oxygens (including phenoxy) is 2. The Morgan fingerprint density at radius 1 is 1.40 bits per heavy atom. The van der Waals surface area contributed by atoms with E-state index in [1.165, 1.54) is 4.90 Å². The fourth-order valence-corrected chi connectivity index (χ4v) is 2.06. The summed E-state index contributed by atoms with van der Waals surface area (Å²) in [5.41, 5.74) is 0. The lowest BCUT2D eigenvalue weighted by Crippen LogP contribution is -2.55. The summed E-state index contributed by atoms with van der Waals surface area (Å²) in [4.78, 5) is 24.7. The third-order valence-electron chi connectivity index (χ3n) is 3.10. The molecule has 0 spiro atoms. The van der Waals surface area contributed by atoms with Crippen molar-refractivity contribution in [3.05, 3.63) is 30.3 Å². The number of hydrogen-bond donors (Lipinski definition) is 1. The lowest BCUT2D eigenvalue weighted by molar-refractivity contribution is -0.161. The van der Waals surface area contributed by atoms with Crippen LogP contribution in [0.1, 0.15) is 6.92 Å². The lowest BCUT2D eigenvalue weighted by Gasteiger charge is -2.34. The van der Waals surface area contributed by atoms with Gasteiger partial charge in [0.15, 0.2) is 12.1 Å². The van der Waals surface area contributed by atoms with Crippen LogP contribution in [0.3, 0.4) is 0 Å². The highest BCUT2D eigenvalue weighted by Crippen LogP contribution is 2.15. The number of carboxylic acids is 1. The predicted octanol–water partition coefficient (Wildman–Crippen LogP) is 0.766.